The largest absolute Gasteiger partial charge is 0.445 e. The number of amides is 1. The molecule has 0 unspecified atom stereocenters. The molecule has 1 amide bonds. The number of alkyl halides is 3. The van der Waals surface area contributed by atoms with Crippen LogP contribution in [0.5, 0.6) is 0 Å². The number of carbonyl (C=O) groups excluding carboxylic acids is 1. The summed E-state index contributed by atoms with van der Waals surface area (Å²) in [7, 11) is -3.77. The third kappa shape index (κ3) is 6.82. The molecular weight excluding hydrogens is 583 g/mol. The maximum atomic E-state index is 13.5. The van der Waals surface area contributed by atoms with Crippen molar-refractivity contribution in [1.82, 2.24) is 25.1 Å². The van der Waals surface area contributed by atoms with Gasteiger partial charge in [-0.15, -0.1) is 5.10 Å². The van der Waals surface area contributed by atoms with Gasteiger partial charge >= 0.3 is 12.3 Å². The molecule has 0 bridgehead atoms. The van der Waals surface area contributed by atoms with Crippen molar-refractivity contribution in [2.75, 3.05) is 19.3 Å². The summed E-state index contributed by atoms with van der Waals surface area (Å²) in [6.45, 7) is 2.75. The Hall–Kier alpha value is -4.39. The van der Waals surface area contributed by atoms with E-state index in [4.69, 9.17) is 4.74 Å². The molecule has 13 heteroatoms. The Balaban J connectivity index is 1.46. The maximum Gasteiger partial charge on any atom is 0.416 e. The highest BCUT2D eigenvalue weighted by atomic mass is 32.2. The van der Waals surface area contributed by atoms with Crippen LogP contribution in [0.25, 0.3) is 22.5 Å². The fourth-order valence-corrected chi connectivity index (χ4v) is 5.60. The van der Waals surface area contributed by atoms with Gasteiger partial charge in [-0.05, 0) is 49.1 Å². The van der Waals surface area contributed by atoms with E-state index in [0.717, 1.165) is 24.0 Å². The molecule has 9 nitrogen and oxygen atoms in total. The average molecular weight is 612 g/mol. The average Bonchev–Trinajstić information content (AvgIpc) is 2.99. The Kier molecular flexibility index (Phi) is 8.45. The smallest absolute Gasteiger partial charge is 0.416 e. The molecule has 1 saturated heterocycles. The van der Waals surface area contributed by atoms with Crippen molar-refractivity contribution in [1.29, 1.82) is 0 Å². The standard InChI is InChI=1S/C30H28F3N5O4S/c1-19-25(24-11-14-34-28(35-24)43(2,40)41)27(22-9-6-10-23(17-22)30(31,32)33)37-36-26(19)21-12-15-38(16-13-21)29(39)42-18-20-7-4-3-5-8-20/h3-11,14,17,21H,12-13,15-16,18H2,1-2H3. The van der Waals surface area contributed by atoms with Crippen LogP contribution in [0, 0.1) is 6.92 Å². The van der Waals surface area contributed by atoms with Gasteiger partial charge in [0.05, 0.1) is 17.0 Å². The quantitative estimate of drug-likeness (QED) is 0.250. The number of hydrogen-bond donors (Lipinski definition) is 0. The molecule has 2 aromatic carbocycles. The van der Waals surface area contributed by atoms with Crippen molar-refractivity contribution in [3.8, 4) is 22.5 Å². The van der Waals surface area contributed by atoms with E-state index in [0.29, 0.717) is 42.8 Å². The van der Waals surface area contributed by atoms with Gasteiger partial charge in [-0.25, -0.2) is 23.2 Å². The molecule has 0 atom stereocenters. The van der Waals surface area contributed by atoms with E-state index in [9.17, 15) is 26.4 Å². The molecule has 0 N–H and O–H groups in total. The van der Waals surface area contributed by atoms with E-state index in [2.05, 4.69) is 20.2 Å². The van der Waals surface area contributed by atoms with Crippen molar-refractivity contribution in [2.45, 2.75) is 43.6 Å². The molecule has 3 heterocycles. The highest BCUT2D eigenvalue weighted by Crippen LogP contribution is 2.39. The van der Waals surface area contributed by atoms with E-state index in [1.807, 2.05) is 30.3 Å². The highest BCUT2D eigenvalue weighted by molar-refractivity contribution is 7.90. The van der Waals surface area contributed by atoms with Crippen LogP contribution in [0.3, 0.4) is 0 Å². The van der Waals surface area contributed by atoms with Crippen LogP contribution >= 0.6 is 0 Å². The first-order chi connectivity index (χ1) is 20.4. The van der Waals surface area contributed by atoms with Crippen molar-refractivity contribution in [3.05, 3.63) is 89.2 Å². The molecule has 4 aromatic rings. The van der Waals surface area contributed by atoms with Crippen LogP contribution in [0.15, 0.2) is 72.0 Å². The van der Waals surface area contributed by atoms with E-state index in [1.54, 1.807) is 11.8 Å². The third-order valence-corrected chi connectivity index (χ3v) is 8.14. The lowest BCUT2D eigenvalue weighted by Crippen LogP contribution is -2.38. The van der Waals surface area contributed by atoms with Crippen LogP contribution in [0.1, 0.15) is 41.1 Å². The number of halogens is 3. The summed E-state index contributed by atoms with van der Waals surface area (Å²) < 4.78 is 70.5. The van der Waals surface area contributed by atoms with Gasteiger partial charge in [-0.2, -0.15) is 18.3 Å². The lowest BCUT2D eigenvalue weighted by atomic mass is 9.88. The normalized spacial score (nSPS) is 14.5. The van der Waals surface area contributed by atoms with Gasteiger partial charge in [0, 0.05) is 42.6 Å². The Morgan fingerprint density at radius 1 is 1.02 bits per heavy atom. The molecule has 1 aliphatic heterocycles. The number of rotatable bonds is 6. The Morgan fingerprint density at radius 2 is 1.74 bits per heavy atom. The van der Waals surface area contributed by atoms with Gasteiger partial charge in [0.15, 0.2) is 0 Å². The lowest BCUT2D eigenvalue weighted by Gasteiger charge is -2.31. The molecule has 224 valence electrons. The number of hydrogen-bond acceptors (Lipinski definition) is 8. The number of aromatic nitrogens is 4. The molecule has 0 radical (unpaired) electrons. The van der Waals surface area contributed by atoms with Crippen LogP contribution in [-0.4, -0.2) is 58.9 Å². The molecular formula is C30H28F3N5O4S. The Morgan fingerprint density at radius 3 is 2.42 bits per heavy atom. The van der Waals surface area contributed by atoms with Crippen LogP contribution < -0.4 is 0 Å². The van der Waals surface area contributed by atoms with E-state index in [1.165, 1.54) is 24.4 Å². The zero-order valence-corrected chi connectivity index (χ0v) is 24.2. The number of carbonyl (C=O) groups is 1. The van der Waals surface area contributed by atoms with Crippen molar-refractivity contribution in [2.24, 2.45) is 0 Å². The number of sulfone groups is 1. The highest BCUT2D eigenvalue weighted by Gasteiger charge is 2.32. The van der Waals surface area contributed by atoms with Crippen LogP contribution in [0.2, 0.25) is 0 Å². The zero-order chi connectivity index (χ0) is 30.8. The fraction of sp³-hybridized carbons (Fsp3) is 0.300. The van der Waals surface area contributed by atoms with Crippen molar-refractivity contribution >= 4 is 15.9 Å². The minimum atomic E-state index is -4.58. The summed E-state index contributed by atoms with van der Waals surface area (Å²) in [5, 5.41) is 8.39. The monoisotopic (exact) mass is 611 g/mol. The number of likely N-dealkylation sites (tertiary alicyclic amines) is 1. The predicted molar refractivity (Wildman–Crippen MR) is 152 cm³/mol. The number of piperidine rings is 1. The summed E-state index contributed by atoms with van der Waals surface area (Å²) in [4.78, 5) is 22.4. The van der Waals surface area contributed by atoms with Crippen LogP contribution in [-0.2, 0) is 27.4 Å². The number of ether oxygens (including phenoxy) is 1. The van der Waals surface area contributed by atoms with Crippen molar-refractivity contribution in [3.63, 3.8) is 0 Å². The lowest BCUT2D eigenvalue weighted by molar-refractivity contribution is -0.137. The van der Waals surface area contributed by atoms with Crippen LogP contribution in [0.4, 0.5) is 18.0 Å². The third-order valence-electron chi connectivity index (χ3n) is 7.28. The zero-order valence-electron chi connectivity index (χ0n) is 23.4. The molecule has 0 aliphatic carbocycles. The van der Waals surface area contributed by atoms with E-state index in [-0.39, 0.29) is 29.5 Å². The molecule has 5 rings (SSSR count). The second kappa shape index (κ2) is 12.1. The van der Waals surface area contributed by atoms with Gasteiger partial charge in [-0.1, -0.05) is 42.5 Å². The van der Waals surface area contributed by atoms with Gasteiger partial charge in [-0.3, -0.25) is 0 Å². The van der Waals surface area contributed by atoms with Gasteiger partial charge in [0.25, 0.3) is 0 Å². The summed E-state index contributed by atoms with van der Waals surface area (Å²) in [6.07, 6.45) is -1.63. The van der Waals surface area contributed by atoms with Gasteiger partial charge in [0.2, 0.25) is 15.0 Å². The first-order valence-electron chi connectivity index (χ1n) is 13.5. The summed E-state index contributed by atoms with van der Waals surface area (Å²) in [5.74, 6) is -0.115. The first-order valence-corrected chi connectivity index (χ1v) is 15.3. The molecule has 43 heavy (non-hydrogen) atoms. The Bertz CT molecular complexity index is 1740. The molecule has 1 fully saturated rings. The fourth-order valence-electron chi connectivity index (χ4n) is 5.09. The Labute approximate surface area is 246 Å². The van der Waals surface area contributed by atoms with Gasteiger partial charge < -0.3 is 9.64 Å². The minimum absolute atomic E-state index is 0.115. The minimum Gasteiger partial charge on any atom is -0.445 e. The first kappa shape index (κ1) is 30.1. The van der Waals surface area contributed by atoms with E-state index >= 15 is 0 Å². The second-order valence-corrected chi connectivity index (χ2v) is 12.2. The number of benzene rings is 2. The number of nitrogens with zero attached hydrogens (tertiary/aromatic N) is 5. The topological polar surface area (TPSA) is 115 Å². The SMILES string of the molecule is Cc1c(C2CCN(C(=O)OCc3ccccc3)CC2)nnc(-c2cccc(C(F)(F)F)c2)c1-c1ccnc(S(C)(=O)=O)n1. The summed E-state index contributed by atoms with van der Waals surface area (Å²) >= 11 is 0. The summed E-state index contributed by atoms with van der Waals surface area (Å²) in [6, 6.07) is 15.6. The molecule has 0 saturated carbocycles. The second-order valence-electron chi connectivity index (χ2n) is 10.3. The molecule has 1 aliphatic rings. The maximum absolute atomic E-state index is 13.5. The van der Waals surface area contributed by atoms with Crippen molar-refractivity contribution < 1.29 is 31.1 Å². The van der Waals surface area contributed by atoms with Gasteiger partial charge in [0.1, 0.15) is 12.3 Å². The predicted octanol–water partition coefficient (Wildman–Crippen LogP) is 5.85. The molecule has 0 spiro atoms. The summed E-state index contributed by atoms with van der Waals surface area (Å²) in [5.41, 5.74) is 2.07. The molecule has 2 aromatic heterocycles. The van der Waals surface area contributed by atoms with E-state index < -0.39 is 32.8 Å².